The molecule has 1 aliphatic rings. The van der Waals surface area contributed by atoms with Crippen molar-refractivity contribution in [2.24, 2.45) is 5.92 Å². The molecule has 1 atom stereocenters. The number of halogens is 1. The molecule has 4 aromatic rings. The van der Waals surface area contributed by atoms with Crippen LogP contribution in [0, 0.1) is 5.92 Å². The molecule has 9 heteroatoms. The summed E-state index contributed by atoms with van der Waals surface area (Å²) in [5.74, 6) is 1.78. The number of carbonyl (C=O) groups excluding carboxylic acids is 1. The van der Waals surface area contributed by atoms with Crippen LogP contribution in [0.2, 0.25) is 5.02 Å². The van der Waals surface area contributed by atoms with E-state index in [4.69, 9.17) is 26.3 Å². The van der Waals surface area contributed by atoms with Crippen molar-refractivity contribution in [1.82, 2.24) is 15.0 Å². The number of amides is 1. The summed E-state index contributed by atoms with van der Waals surface area (Å²) in [7, 11) is 1.64. The van der Waals surface area contributed by atoms with Gasteiger partial charge in [-0.3, -0.25) is 4.79 Å². The quantitative estimate of drug-likeness (QED) is 0.387. The van der Waals surface area contributed by atoms with E-state index in [2.05, 4.69) is 32.7 Å². The van der Waals surface area contributed by atoms with E-state index in [1.807, 2.05) is 18.2 Å². The fourth-order valence-electron chi connectivity index (χ4n) is 4.28. The van der Waals surface area contributed by atoms with Gasteiger partial charge in [0, 0.05) is 37.3 Å². The molecule has 1 aromatic carbocycles. The zero-order valence-corrected chi connectivity index (χ0v) is 20.3. The van der Waals surface area contributed by atoms with Crippen LogP contribution in [-0.2, 0) is 16.1 Å². The maximum absolute atomic E-state index is 13.0. The van der Waals surface area contributed by atoms with E-state index in [9.17, 15) is 4.79 Å². The molecule has 5 rings (SSSR count). The number of benzene rings is 1. The number of nitrogens with zero attached hydrogens (tertiary/aromatic N) is 4. The molecule has 0 radical (unpaired) electrons. The molecule has 4 heterocycles. The topological polar surface area (TPSA) is 80.2 Å². The van der Waals surface area contributed by atoms with Gasteiger partial charge in [0.15, 0.2) is 5.82 Å². The van der Waals surface area contributed by atoms with Gasteiger partial charge in [-0.15, -0.1) is 11.3 Å². The van der Waals surface area contributed by atoms with Crippen LogP contribution in [0.15, 0.2) is 54.0 Å². The molecule has 1 unspecified atom stereocenters. The summed E-state index contributed by atoms with van der Waals surface area (Å²) in [5.41, 5.74) is 2.23. The van der Waals surface area contributed by atoms with Crippen molar-refractivity contribution in [2.45, 2.75) is 19.4 Å². The first-order chi connectivity index (χ1) is 16.6. The molecule has 7 nitrogen and oxygen atoms in total. The van der Waals surface area contributed by atoms with Crippen LogP contribution in [-0.4, -0.2) is 41.1 Å². The van der Waals surface area contributed by atoms with Crippen LogP contribution in [0.1, 0.15) is 18.7 Å². The smallest absolute Gasteiger partial charge is 0.230 e. The number of anilines is 2. The van der Waals surface area contributed by atoms with Crippen molar-refractivity contribution in [3.05, 3.63) is 64.9 Å². The lowest BCUT2D eigenvalue weighted by molar-refractivity contribution is -0.120. The number of methoxy groups -OCH3 is 1. The van der Waals surface area contributed by atoms with Crippen molar-refractivity contribution < 1.29 is 9.53 Å². The van der Waals surface area contributed by atoms with Crippen molar-refractivity contribution in [2.75, 3.05) is 30.4 Å². The van der Waals surface area contributed by atoms with E-state index in [1.165, 1.54) is 6.20 Å². The van der Waals surface area contributed by atoms with Crippen LogP contribution in [0.3, 0.4) is 0 Å². The zero-order valence-electron chi connectivity index (χ0n) is 18.7. The van der Waals surface area contributed by atoms with Gasteiger partial charge in [-0.2, -0.15) is 0 Å². The third-order valence-electron chi connectivity index (χ3n) is 5.89. The minimum absolute atomic E-state index is 0.0458. The van der Waals surface area contributed by atoms with Crippen molar-refractivity contribution in [3.8, 4) is 11.1 Å². The van der Waals surface area contributed by atoms with Gasteiger partial charge in [-0.25, -0.2) is 15.0 Å². The van der Waals surface area contributed by atoms with Crippen molar-refractivity contribution in [3.63, 3.8) is 0 Å². The summed E-state index contributed by atoms with van der Waals surface area (Å²) >= 11 is 7.52. The Morgan fingerprint density at radius 3 is 2.85 bits per heavy atom. The van der Waals surface area contributed by atoms with Gasteiger partial charge in [0.1, 0.15) is 23.1 Å². The minimum atomic E-state index is -0.180. The average molecular weight is 494 g/mol. The van der Waals surface area contributed by atoms with Gasteiger partial charge in [0.05, 0.1) is 16.3 Å². The van der Waals surface area contributed by atoms with E-state index in [-0.39, 0.29) is 11.8 Å². The Morgan fingerprint density at radius 1 is 1.24 bits per heavy atom. The normalized spacial score (nSPS) is 16.1. The summed E-state index contributed by atoms with van der Waals surface area (Å²) < 4.78 is 5.33. The molecular weight excluding hydrogens is 470 g/mol. The van der Waals surface area contributed by atoms with Gasteiger partial charge in [0.25, 0.3) is 0 Å². The number of thiophene rings is 1. The largest absolute Gasteiger partial charge is 0.377 e. The molecule has 1 saturated heterocycles. The number of hydrogen-bond acceptors (Lipinski definition) is 7. The summed E-state index contributed by atoms with van der Waals surface area (Å²) in [6.07, 6.45) is 3.23. The zero-order chi connectivity index (χ0) is 23.5. The number of carbonyl (C=O) groups is 1. The van der Waals surface area contributed by atoms with Gasteiger partial charge in [-0.1, -0.05) is 41.9 Å². The molecular formula is C25H24ClN5O2S. The minimum Gasteiger partial charge on any atom is -0.377 e. The van der Waals surface area contributed by atoms with E-state index < -0.39 is 0 Å². The molecule has 3 aromatic heterocycles. The van der Waals surface area contributed by atoms with Crippen molar-refractivity contribution >= 4 is 50.7 Å². The van der Waals surface area contributed by atoms with Crippen LogP contribution in [0.5, 0.6) is 0 Å². The number of fused-ring (bicyclic) bond motifs is 1. The van der Waals surface area contributed by atoms with Crippen LogP contribution in [0.25, 0.3) is 21.3 Å². The number of piperidine rings is 1. The lowest BCUT2D eigenvalue weighted by atomic mass is 9.96. The fraction of sp³-hybridized carbons (Fsp3) is 0.280. The predicted octanol–water partition coefficient (Wildman–Crippen LogP) is 5.41. The first kappa shape index (κ1) is 22.7. The van der Waals surface area contributed by atoms with Gasteiger partial charge < -0.3 is 15.0 Å². The molecule has 1 fully saturated rings. The maximum Gasteiger partial charge on any atom is 0.230 e. The van der Waals surface area contributed by atoms with E-state index in [0.717, 1.165) is 46.5 Å². The highest BCUT2D eigenvalue weighted by atomic mass is 35.5. The number of aromatic nitrogens is 3. The third kappa shape index (κ3) is 4.75. The molecule has 1 N–H and O–H groups in total. The Morgan fingerprint density at radius 2 is 2.09 bits per heavy atom. The second-order valence-electron chi connectivity index (χ2n) is 8.23. The Kier molecular flexibility index (Phi) is 6.71. The monoisotopic (exact) mass is 493 g/mol. The second-order valence-corrected chi connectivity index (χ2v) is 9.52. The molecule has 0 spiro atoms. The van der Waals surface area contributed by atoms with Gasteiger partial charge in [0.2, 0.25) is 5.91 Å². The highest BCUT2D eigenvalue weighted by Gasteiger charge is 2.29. The summed E-state index contributed by atoms with van der Waals surface area (Å²) in [6, 6.07) is 13.7. The average Bonchev–Trinajstić information content (AvgIpc) is 3.30. The third-order valence-corrected chi connectivity index (χ3v) is 6.99. The van der Waals surface area contributed by atoms with Crippen molar-refractivity contribution in [1.29, 1.82) is 0 Å². The highest BCUT2D eigenvalue weighted by Crippen LogP contribution is 2.39. The molecule has 0 bridgehead atoms. The Labute approximate surface area is 206 Å². The Hall–Kier alpha value is -3.07. The Bertz CT molecular complexity index is 1300. The molecule has 0 aliphatic carbocycles. The number of rotatable bonds is 6. The van der Waals surface area contributed by atoms with Crippen LogP contribution >= 0.6 is 22.9 Å². The van der Waals surface area contributed by atoms with Crippen LogP contribution in [0.4, 0.5) is 11.6 Å². The van der Waals surface area contributed by atoms with Crippen LogP contribution < -0.4 is 10.2 Å². The van der Waals surface area contributed by atoms with E-state index >= 15 is 0 Å². The SMILES string of the molecule is COCc1nc(N2CCCC(C(=O)Nc3ccc(Cl)cn3)C2)c2c(-c3ccccc3)csc2n1. The standard InChI is InChI=1S/C25H24ClN5O2S/c1-33-14-21-28-23(22-19(15-34-25(22)30-21)16-6-3-2-4-7-16)31-11-5-8-17(13-31)24(32)29-20-10-9-18(26)12-27-20/h2-4,6-7,9-10,12,15,17H,5,8,11,13-14H2,1H3,(H,27,29,32). The first-order valence-electron chi connectivity index (χ1n) is 11.1. The lowest BCUT2D eigenvalue weighted by Crippen LogP contribution is -2.41. The highest BCUT2D eigenvalue weighted by molar-refractivity contribution is 7.17. The molecule has 174 valence electrons. The fourth-order valence-corrected chi connectivity index (χ4v) is 5.35. The van der Waals surface area contributed by atoms with Gasteiger partial charge >= 0.3 is 0 Å². The molecule has 34 heavy (non-hydrogen) atoms. The number of nitrogens with one attached hydrogen (secondary N) is 1. The van der Waals surface area contributed by atoms with E-state index in [1.54, 1.807) is 30.6 Å². The van der Waals surface area contributed by atoms with E-state index in [0.29, 0.717) is 29.8 Å². The predicted molar refractivity (Wildman–Crippen MR) is 136 cm³/mol. The molecule has 1 aliphatic heterocycles. The number of pyridine rings is 1. The summed E-state index contributed by atoms with van der Waals surface area (Å²) in [4.78, 5) is 30.0. The number of hydrogen-bond donors (Lipinski definition) is 1. The van der Waals surface area contributed by atoms with Gasteiger partial charge in [-0.05, 0) is 30.5 Å². The molecule has 1 amide bonds. The summed E-state index contributed by atoms with van der Waals surface area (Å²) in [6.45, 7) is 1.73. The molecule has 0 saturated carbocycles. The second kappa shape index (κ2) is 10.0. The first-order valence-corrected chi connectivity index (χ1v) is 12.4. The Balaban J connectivity index is 1.47. The lowest BCUT2D eigenvalue weighted by Gasteiger charge is -2.33. The summed E-state index contributed by atoms with van der Waals surface area (Å²) in [5, 5.41) is 6.62. The number of ether oxygens (including phenoxy) is 1. The maximum atomic E-state index is 13.0.